The van der Waals surface area contributed by atoms with Gasteiger partial charge in [0.1, 0.15) is 0 Å². The van der Waals surface area contributed by atoms with Crippen LogP contribution in [0.25, 0.3) is 0 Å². The third-order valence-corrected chi connectivity index (χ3v) is 4.30. The number of thiophene rings is 1. The van der Waals surface area contributed by atoms with E-state index in [0.29, 0.717) is 13.0 Å². The lowest BCUT2D eigenvalue weighted by Gasteiger charge is -2.30. The summed E-state index contributed by atoms with van der Waals surface area (Å²) in [6, 6.07) is 4.02. The number of methoxy groups -OCH3 is 1. The molecule has 1 amide bonds. The minimum absolute atomic E-state index is 0.0672. The normalized spacial score (nSPS) is 13.6. The third kappa shape index (κ3) is 4.63. The molecule has 1 rings (SSSR count). The first-order chi connectivity index (χ1) is 9.49. The molecular formula is C15H23NO3S. The van der Waals surface area contributed by atoms with Crippen LogP contribution in [0, 0.1) is 5.92 Å². The number of nitrogens with zero attached hydrogens (tertiary/aromatic N) is 1. The molecule has 2 atom stereocenters. The summed E-state index contributed by atoms with van der Waals surface area (Å²) in [4.78, 5) is 26.8. The first-order valence-electron chi connectivity index (χ1n) is 6.89. The zero-order valence-electron chi connectivity index (χ0n) is 12.6. The van der Waals surface area contributed by atoms with Crippen LogP contribution in [0.4, 0.5) is 0 Å². The van der Waals surface area contributed by atoms with Crippen LogP contribution >= 0.6 is 11.3 Å². The second-order valence-electron chi connectivity index (χ2n) is 4.98. The molecule has 0 radical (unpaired) electrons. The van der Waals surface area contributed by atoms with Crippen LogP contribution in [-0.2, 0) is 20.7 Å². The summed E-state index contributed by atoms with van der Waals surface area (Å²) in [5, 5.41) is 1.97. The lowest BCUT2D eigenvalue weighted by molar-refractivity contribution is -0.146. The van der Waals surface area contributed by atoms with E-state index < -0.39 is 0 Å². The molecule has 0 aliphatic heterocycles. The molecule has 0 N–H and O–H groups in total. The zero-order valence-corrected chi connectivity index (χ0v) is 13.4. The van der Waals surface area contributed by atoms with Crippen molar-refractivity contribution in [3.63, 3.8) is 0 Å². The van der Waals surface area contributed by atoms with Gasteiger partial charge in [0.25, 0.3) is 0 Å². The minimum Gasteiger partial charge on any atom is -0.469 e. The molecule has 0 aliphatic carbocycles. The lowest BCUT2D eigenvalue weighted by Crippen LogP contribution is -2.43. The van der Waals surface area contributed by atoms with Crippen LogP contribution in [0.3, 0.4) is 0 Å². The molecule has 20 heavy (non-hydrogen) atoms. The summed E-state index contributed by atoms with van der Waals surface area (Å²) in [6.07, 6.45) is 1.26. The van der Waals surface area contributed by atoms with Gasteiger partial charge < -0.3 is 9.64 Å². The fraction of sp³-hybridized carbons (Fsp3) is 0.600. The number of hydrogen-bond donors (Lipinski definition) is 0. The number of carbonyl (C=O) groups excluding carboxylic acids is 2. The van der Waals surface area contributed by atoms with Gasteiger partial charge in [-0.3, -0.25) is 9.59 Å². The number of ether oxygens (including phenoxy) is 1. The molecule has 0 fully saturated rings. The van der Waals surface area contributed by atoms with Crippen molar-refractivity contribution < 1.29 is 14.3 Å². The molecule has 0 spiro atoms. The van der Waals surface area contributed by atoms with Crippen molar-refractivity contribution in [2.45, 2.75) is 39.7 Å². The Morgan fingerprint density at radius 1 is 1.40 bits per heavy atom. The number of esters is 1. The Morgan fingerprint density at radius 2 is 2.10 bits per heavy atom. The van der Waals surface area contributed by atoms with E-state index in [1.807, 2.05) is 31.4 Å². The molecule has 0 aliphatic rings. The molecule has 2 unspecified atom stereocenters. The third-order valence-electron chi connectivity index (χ3n) is 3.42. The lowest BCUT2D eigenvalue weighted by atomic mass is 10.1. The van der Waals surface area contributed by atoms with Crippen molar-refractivity contribution in [3.05, 3.63) is 22.4 Å². The molecule has 4 nitrogen and oxygen atoms in total. The Morgan fingerprint density at radius 3 is 2.60 bits per heavy atom. The number of rotatable bonds is 7. The maximum absolute atomic E-state index is 12.4. The van der Waals surface area contributed by atoms with E-state index in [9.17, 15) is 9.59 Å². The molecular weight excluding hydrogens is 274 g/mol. The van der Waals surface area contributed by atoms with Gasteiger partial charge in [0, 0.05) is 17.5 Å². The smallest absolute Gasteiger partial charge is 0.310 e. The fourth-order valence-corrected chi connectivity index (χ4v) is 2.68. The molecule has 1 aromatic heterocycles. The molecule has 0 aromatic carbocycles. The Kier molecular flexibility index (Phi) is 6.71. The van der Waals surface area contributed by atoms with Gasteiger partial charge in [-0.05, 0) is 24.8 Å². The Labute approximate surface area is 124 Å². The first-order valence-corrected chi connectivity index (χ1v) is 7.77. The topological polar surface area (TPSA) is 46.6 Å². The maximum Gasteiger partial charge on any atom is 0.310 e. The van der Waals surface area contributed by atoms with Gasteiger partial charge in [-0.15, -0.1) is 11.3 Å². The van der Waals surface area contributed by atoms with Crippen molar-refractivity contribution in [2.75, 3.05) is 13.7 Å². The van der Waals surface area contributed by atoms with Gasteiger partial charge in [-0.1, -0.05) is 19.9 Å². The van der Waals surface area contributed by atoms with Crippen LogP contribution in [0.5, 0.6) is 0 Å². The quantitative estimate of drug-likeness (QED) is 0.727. The van der Waals surface area contributed by atoms with E-state index >= 15 is 0 Å². The van der Waals surface area contributed by atoms with E-state index in [2.05, 4.69) is 0 Å². The maximum atomic E-state index is 12.4. The Hall–Kier alpha value is -1.36. The van der Waals surface area contributed by atoms with E-state index in [0.717, 1.165) is 11.3 Å². The van der Waals surface area contributed by atoms with Gasteiger partial charge in [0.05, 0.1) is 19.4 Å². The summed E-state index contributed by atoms with van der Waals surface area (Å²) in [7, 11) is 1.37. The van der Waals surface area contributed by atoms with Gasteiger partial charge in [-0.25, -0.2) is 0 Å². The van der Waals surface area contributed by atoms with E-state index in [1.165, 1.54) is 7.11 Å². The van der Waals surface area contributed by atoms with E-state index in [4.69, 9.17) is 4.74 Å². The van der Waals surface area contributed by atoms with Gasteiger partial charge >= 0.3 is 5.97 Å². The van der Waals surface area contributed by atoms with Crippen molar-refractivity contribution in [1.29, 1.82) is 0 Å². The van der Waals surface area contributed by atoms with Crippen LogP contribution in [-0.4, -0.2) is 36.5 Å². The molecule has 1 aromatic rings. The highest BCUT2D eigenvalue weighted by Crippen LogP contribution is 2.15. The second-order valence-corrected chi connectivity index (χ2v) is 6.02. The number of amides is 1. The Balaban J connectivity index is 2.73. The molecule has 1 heterocycles. The number of hydrogen-bond acceptors (Lipinski definition) is 4. The summed E-state index contributed by atoms with van der Waals surface area (Å²) in [5.41, 5.74) is 0. The Bertz CT molecular complexity index is 430. The van der Waals surface area contributed by atoms with Crippen LogP contribution in [0.1, 0.15) is 32.1 Å². The van der Waals surface area contributed by atoms with Crippen molar-refractivity contribution >= 4 is 23.2 Å². The molecule has 0 saturated carbocycles. The summed E-state index contributed by atoms with van der Waals surface area (Å²) in [6.45, 7) is 6.25. The average Bonchev–Trinajstić information content (AvgIpc) is 2.95. The second kappa shape index (κ2) is 8.04. The highest BCUT2D eigenvalue weighted by atomic mass is 32.1. The zero-order chi connectivity index (χ0) is 15.1. The van der Waals surface area contributed by atoms with Gasteiger partial charge in [0.15, 0.2) is 0 Å². The SMILES string of the molecule is CCC(C)N(CC(C)C(=O)OC)C(=O)Cc1cccs1. The average molecular weight is 297 g/mol. The van der Waals surface area contributed by atoms with Crippen LogP contribution in [0.2, 0.25) is 0 Å². The van der Waals surface area contributed by atoms with E-state index in [1.54, 1.807) is 23.2 Å². The fourth-order valence-electron chi connectivity index (χ4n) is 1.98. The summed E-state index contributed by atoms with van der Waals surface area (Å²) < 4.78 is 4.74. The van der Waals surface area contributed by atoms with E-state index in [-0.39, 0.29) is 23.8 Å². The largest absolute Gasteiger partial charge is 0.469 e. The van der Waals surface area contributed by atoms with Crippen molar-refractivity contribution in [1.82, 2.24) is 4.90 Å². The van der Waals surface area contributed by atoms with Gasteiger partial charge in [0.2, 0.25) is 5.91 Å². The first kappa shape index (κ1) is 16.7. The highest BCUT2D eigenvalue weighted by molar-refractivity contribution is 7.10. The summed E-state index contributed by atoms with van der Waals surface area (Å²) >= 11 is 1.58. The highest BCUT2D eigenvalue weighted by Gasteiger charge is 2.24. The van der Waals surface area contributed by atoms with Crippen molar-refractivity contribution in [2.24, 2.45) is 5.92 Å². The van der Waals surface area contributed by atoms with Crippen LogP contribution in [0.15, 0.2) is 17.5 Å². The molecule has 0 saturated heterocycles. The van der Waals surface area contributed by atoms with Crippen LogP contribution < -0.4 is 0 Å². The minimum atomic E-state index is -0.304. The molecule has 0 bridgehead atoms. The molecule has 112 valence electrons. The summed E-state index contributed by atoms with van der Waals surface area (Å²) in [5.74, 6) is -0.513. The molecule has 5 heteroatoms. The predicted octanol–water partition coefficient (Wildman–Crippen LogP) is 2.73. The van der Waals surface area contributed by atoms with Gasteiger partial charge in [-0.2, -0.15) is 0 Å². The standard InChI is InChI=1S/C15H23NO3S/c1-5-12(3)16(10-11(2)15(18)19-4)14(17)9-13-7-6-8-20-13/h6-8,11-12H,5,9-10H2,1-4H3. The predicted molar refractivity (Wildman–Crippen MR) is 80.7 cm³/mol. The number of carbonyl (C=O) groups is 2. The monoisotopic (exact) mass is 297 g/mol. The van der Waals surface area contributed by atoms with Crippen molar-refractivity contribution in [3.8, 4) is 0 Å².